The van der Waals surface area contributed by atoms with E-state index in [4.69, 9.17) is 9.15 Å². The molecule has 9 heteroatoms. The molecule has 4 rings (SSSR count). The van der Waals surface area contributed by atoms with Crippen LogP contribution in [-0.4, -0.2) is 35.2 Å². The Balaban J connectivity index is 1.56. The molecule has 3 N–H and O–H groups in total. The van der Waals surface area contributed by atoms with E-state index >= 15 is 0 Å². The molecule has 1 aromatic heterocycles. The number of carbonyl (C=O) groups excluding carboxylic acids is 3. The summed E-state index contributed by atoms with van der Waals surface area (Å²) < 4.78 is 11.0. The molecule has 1 aliphatic rings. The highest BCUT2D eigenvalue weighted by Gasteiger charge is 2.28. The van der Waals surface area contributed by atoms with E-state index in [9.17, 15) is 19.5 Å². The summed E-state index contributed by atoms with van der Waals surface area (Å²) in [5.74, 6) is -0.643. The molecule has 0 spiro atoms. The zero-order valence-corrected chi connectivity index (χ0v) is 19.4. The Bertz CT molecular complexity index is 1310. The lowest BCUT2D eigenvalue weighted by Crippen LogP contribution is -2.22. The molecular formula is C26H25N3O6. The predicted octanol–water partition coefficient (Wildman–Crippen LogP) is 4.19. The van der Waals surface area contributed by atoms with Crippen molar-refractivity contribution in [3.05, 3.63) is 82.3 Å². The Morgan fingerprint density at radius 2 is 1.80 bits per heavy atom. The molecule has 3 aromatic rings. The van der Waals surface area contributed by atoms with E-state index in [1.165, 1.54) is 24.3 Å². The number of hydrogen-bond donors (Lipinski definition) is 3. The van der Waals surface area contributed by atoms with Crippen LogP contribution >= 0.6 is 0 Å². The van der Waals surface area contributed by atoms with Crippen molar-refractivity contribution in [2.24, 2.45) is 5.10 Å². The van der Waals surface area contributed by atoms with Gasteiger partial charge in [-0.15, -0.1) is 0 Å². The zero-order valence-electron chi connectivity index (χ0n) is 19.4. The van der Waals surface area contributed by atoms with Gasteiger partial charge in [-0.1, -0.05) is 12.1 Å². The van der Waals surface area contributed by atoms with Crippen LogP contribution in [0.4, 0.5) is 5.69 Å². The normalized spacial score (nSPS) is 13.7. The van der Waals surface area contributed by atoms with Crippen LogP contribution in [0.3, 0.4) is 0 Å². The highest BCUT2D eigenvalue weighted by molar-refractivity contribution is 6.11. The molecule has 2 amide bonds. The van der Waals surface area contributed by atoms with E-state index in [-0.39, 0.29) is 23.7 Å². The minimum atomic E-state index is -0.530. The number of para-hydroxylation sites is 1. The summed E-state index contributed by atoms with van der Waals surface area (Å²) in [4.78, 5) is 37.7. The van der Waals surface area contributed by atoms with Gasteiger partial charge in [0.1, 0.15) is 11.5 Å². The summed E-state index contributed by atoms with van der Waals surface area (Å²) in [6.07, 6.45) is 1.99. The number of phenolic OH excluding ortho intramolecular Hbond substituents is 1. The molecule has 0 bridgehead atoms. The summed E-state index contributed by atoms with van der Waals surface area (Å²) in [5, 5.41) is 16.4. The second-order valence-electron chi connectivity index (χ2n) is 7.97. The molecule has 0 radical (unpaired) electrons. The average molecular weight is 476 g/mol. The van der Waals surface area contributed by atoms with Crippen molar-refractivity contribution in [3.8, 4) is 5.75 Å². The van der Waals surface area contributed by atoms with Crippen LogP contribution < -0.4 is 10.7 Å². The van der Waals surface area contributed by atoms with Crippen molar-refractivity contribution in [3.63, 3.8) is 0 Å². The number of amides is 2. The number of nitrogens with zero attached hydrogens (tertiary/aromatic N) is 1. The SMILES string of the molecule is CCOC(=O)c1ccccc1NC(=O)c1oc2c(c1C)/C(=N/NC(=O)c1ccc(O)cc1)CCC2. The second-order valence-corrected chi connectivity index (χ2v) is 7.97. The van der Waals surface area contributed by atoms with Crippen LogP contribution in [0.25, 0.3) is 0 Å². The smallest absolute Gasteiger partial charge is 0.340 e. The molecule has 0 unspecified atom stereocenters. The molecule has 0 aliphatic heterocycles. The maximum atomic E-state index is 13.1. The van der Waals surface area contributed by atoms with Crippen LogP contribution in [0.2, 0.25) is 0 Å². The third-order valence-electron chi connectivity index (χ3n) is 5.62. The fourth-order valence-corrected chi connectivity index (χ4v) is 3.95. The third-order valence-corrected chi connectivity index (χ3v) is 5.62. The van der Waals surface area contributed by atoms with Gasteiger partial charge in [-0.05, 0) is 63.1 Å². The molecule has 1 heterocycles. The molecule has 9 nitrogen and oxygen atoms in total. The Kier molecular flexibility index (Phi) is 6.96. The van der Waals surface area contributed by atoms with E-state index in [2.05, 4.69) is 15.8 Å². The van der Waals surface area contributed by atoms with Gasteiger partial charge in [0.2, 0.25) is 0 Å². The van der Waals surface area contributed by atoms with Crippen molar-refractivity contribution in [1.29, 1.82) is 0 Å². The lowest BCUT2D eigenvalue weighted by Gasteiger charge is -2.13. The minimum absolute atomic E-state index is 0.0643. The molecular weight excluding hydrogens is 450 g/mol. The maximum absolute atomic E-state index is 13.1. The number of esters is 1. The van der Waals surface area contributed by atoms with Crippen LogP contribution in [0.5, 0.6) is 5.75 Å². The Labute approximate surface area is 201 Å². The van der Waals surface area contributed by atoms with Crippen molar-refractivity contribution < 1.29 is 28.6 Å². The summed E-state index contributed by atoms with van der Waals surface area (Å²) in [6.45, 7) is 3.69. The zero-order chi connectivity index (χ0) is 24.9. The molecule has 0 fully saturated rings. The summed E-state index contributed by atoms with van der Waals surface area (Å²) >= 11 is 0. The molecule has 0 atom stereocenters. The van der Waals surface area contributed by atoms with Crippen LogP contribution in [0.15, 0.2) is 58.0 Å². The van der Waals surface area contributed by atoms with Gasteiger partial charge >= 0.3 is 5.97 Å². The largest absolute Gasteiger partial charge is 0.508 e. The fourth-order valence-electron chi connectivity index (χ4n) is 3.95. The van der Waals surface area contributed by atoms with Crippen molar-refractivity contribution >= 4 is 29.2 Å². The van der Waals surface area contributed by atoms with Crippen LogP contribution in [0, 0.1) is 6.92 Å². The van der Waals surface area contributed by atoms with Gasteiger partial charge in [-0.25, -0.2) is 10.2 Å². The number of rotatable bonds is 6. The lowest BCUT2D eigenvalue weighted by atomic mass is 9.93. The van der Waals surface area contributed by atoms with Gasteiger partial charge in [0.25, 0.3) is 11.8 Å². The molecule has 0 saturated heterocycles. The number of fused-ring (bicyclic) bond motifs is 1. The number of anilines is 1. The number of nitrogens with one attached hydrogen (secondary N) is 2. The van der Waals surface area contributed by atoms with Crippen LogP contribution in [-0.2, 0) is 11.2 Å². The minimum Gasteiger partial charge on any atom is -0.508 e. The lowest BCUT2D eigenvalue weighted by molar-refractivity contribution is 0.0527. The summed E-state index contributed by atoms with van der Waals surface area (Å²) in [7, 11) is 0. The highest BCUT2D eigenvalue weighted by Crippen LogP contribution is 2.30. The van der Waals surface area contributed by atoms with E-state index in [0.29, 0.717) is 46.7 Å². The number of benzene rings is 2. The number of phenols is 1. The van der Waals surface area contributed by atoms with Gasteiger partial charge in [0.05, 0.1) is 23.6 Å². The van der Waals surface area contributed by atoms with E-state index in [1.807, 2.05) is 0 Å². The molecule has 1 aliphatic carbocycles. The molecule has 0 saturated carbocycles. The summed E-state index contributed by atoms with van der Waals surface area (Å²) in [6, 6.07) is 12.4. The fraction of sp³-hybridized carbons (Fsp3) is 0.231. The first kappa shape index (κ1) is 23.7. The maximum Gasteiger partial charge on any atom is 0.340 e. The predicted molar refractivity (Wildman–Crippen MR) is 129 cm³/mol. The number of carbonyl (C=O) groups is 3. The average Bonchev–Trinajstić information content (AvgIpc) is 3.20. The van der Waals surface area contributed by atoms with Gasteiger partial charge in [-0.2, -0.15) is 5.10 Å². The van der Waals surface area contributed by atoms with Crippen LogP contribution in [0.1, 0.15) is 67.9 Å². The van der Waals surface area contributed by atoms with Crippen molar-refractivity contribution in [2.45, 2.75) is 33.1 Å². The van der Waals surface area contributed by atoms with Gasteiger partial charge in [0, 0.05) is 23.1 Å². The molecule has 180 valence electrons. The number of hydrogen-bond acceptors (Lipinski definition) is 7. The topological polar surface area (TPSA) is 130 Å². The molecule has 35 heavy (non-hydrogen) atoms. The number of ether oxygens (including phenoxy) is 1. The molecule has 2 aromatic carbocycles. The van der Waals surface area contributed by atoms with Gasteiger partial charge in [-0.3, -0.25) is 9.59 Å². The monoisotopic (exact) mass is 475 g/mol. The number of aryl methyl sites for hydroxylation is 1. The quantitative estimate of drug-likeness (QED) is 0.362. The standard InChI is InChI=1S/C26H25N3O6/c1-3-34-26(33)18-7-4-5-8-19(18)27-25(32)23-15(2)22-20(9-6-10-21(22)35-23)28-29-24(31)16-11-13-17(30)14-12-16/h4-5,7-8,11-14,30H,3,6,9-10H2,1-2H3,(H,27,32)(H,29,31)/b28-20+. The first-order valence-electron chi connectivity index (χ1n) is 11.2. The second kappa shape index (κ2) is 10.3. The van der Waals surface area contributed by atoms with Crippen molar-refractivity contribution in [2.75, 3.05) is 11.9 Å². The Morgan fingerprint density at radius 3 is 2.54 bits per heavy atom. The number of hydrazone groups is 1. The Morgan fingerprint density at radius 1 is 1.06 bits per heavy atom. The third kappa shape index (κ3) is 5.08. The van der Waals surface area contributed by atoms with Gasteiger partial charge < -0.3 is 19.6 Å². The Hall–Kier alpha value is -4.40. The summed E-state index contributed by atoms with van der Waals surface area (Å²) in [5.41, 5.74) is 5.38. The van der Waals surface area contributed by atoms with Gasteiger partial charge in [0.15, 0.2) is 5.76 Å². The van der Waals surface area contributed by atoms with E-state index in [1.54, 1.807) is 38.1 Å². The van der Waals surface area contributed by atoms with E-state index < -0.39 is 17.8 Å². The highest BCUT2D eigenvalue weighted by atomic mass is 16.5. The van der Waals surface area contributed by atoms with E-state index in [0.717, 1.165) is 6.42 Å². The number of aromatic hydroxyl groups is 1. The van der Waals surface area contributed by atoms with Crippen molar-refractivity contribution in [1.82, 2.24) is 5.43 Å². The first-order valence-corrected chi connectivity index (χ1v) is 11.2. The number of furan rings is 1. The first-order chi connectivity index (χ1) is 16.9.